The van der Waals surface area contributed by atoms with Gasteiger partial charge in [-0.15, -0.1) is 11.3 Å². The van der Waals surface area contributed by atoms with E-state index in [1.54, 1.807) is 29.7 Å². The summed E-state index contributed by atoms with van der Waals surface area (Å²) in [5, 5.41) is 4.19. The second-order valence-corrected chi connectivity index (χ2v) is 9.77. The number of nitrogens with one attached hydrogen (secondary N) is 2. The second kappa shape index (κ2) is 6.86. The van der Waals surface area contributed by atoms with Crippen LogP contribution in [0.25, 0.3) is 43.2 Å². The van der Waals surface area contributed by atoms with Crippen molar-refractivity contribution in [3.8, 4) is 22.3 Å². The van der Waals surface area contributed by atoms with E-state index in [9.17, 15) is 8.42 Å². The molecule has 0 unspecified atom stereocenters. The molecule has 0 aliphatic carbocycles. The first kappa shape index (κ1) is 18.7. The molecule has 6 nitrogen and oxygen atoms in total. The average molecular weight is 435 g/mol. The summed E-state index contributed by atoms with van der Waals surface area (Å²) < 4.78 is 26.4. The maximum Gasteiger partial charge on any atom is 0.229 e. The van der Waals surface area contributed by atoms with Gasteiger partial charge in [0.2, 0.25) is 10.0 Å². The zero-order valence-electron chi connectivity index (χ0n) is 16.0. The van der Waals surface area contributed by atoms with Crippen LogP contribution in [-0.2, 0) is 10.0 Å². The van der Waals surface area contributed by atoms with Crippen LogP contribution < -0.4 is 10.5 Å². The number of rotatable bonds is 4. The molecule has 8 heteroatoms. The number of anilines is 2. The molecular weight excluding hydrogens is 416 g/mol. The minimum Gasteiger partial charge on any atom is -0.383 e. The third kappa shape index (κ3) is 3.30. The van der Waals surface area contributed by atoms with Crippen molar-refractivity contribution in [1.82, 2.24) is 9.97 Å². The fourth-order valence-electron chi connectivity index (χ4n) is 3.64. The lowest BCUT2D eigenvalue weighted by Crippen LogP contribution is -2.09. The van der Waals surface area contributed by atoms with E-state index in [0.717, 1.165) is 49.5 Å². The van der Waals surface area contributed by atoms with Gasteiger partial charge in [0.15, 0.2) is 0 Å². The van der Waals surface area contributed by atoms with Crippen LogP contribution in [0.15, 0.2) is 66.3 Å². The first-order valence-electron chi connectivity index (χ1n) is 9.20. The molecule has 0 amide bonds. The summed E-state index contributed by atoms with van der Waals surface area (Å²) in [6, 6.07) is 15.6. The quantitative estimate of drug-likeness (QED) is 0.368. The van der Waals surface area contributed by atoms with Crippen molar-refractivity contribution < 1.29 is 8.42 Å². The number of H-pyrrole nitrogens is 1. The van der Waals surface area contributed by atoms with E-state index < -0.39 is 10.0 Å². The molecule has 2 aromatic carbocycles. The number of nitrogen functional groups attached to an aromatic ring is 1. The molecule has 0 saturated heterocycles. The van der Waals surface area contributed by atoms with Crippen molar-refractivity contribution >= 4 is 53.9 Å². The van der Waals surface area contributed by atoms with Gasteiger partial charge >= 0.3 is 0 Å². The van der Waals surface area contributed by atoms with Crippen LogP contribution in [0.4, 0.5) is 11.5 Å². The number of aromatic amines is 1. The molecule has 3 heterocycles. The molecule has 5 rings (SSSR count). The zero-order chi connectivity index (χ0) is 20.9. The van der Waals surface area contributed by atoms with Gasteiger partial charge in [0.05, 0.1) is 6.26 Å². The summed E-state index contributed by atoms with van der Waals surface area (Å²) in [5.41, 5.74) is 11.9. The zero-order valence-corrected chi connectivity index (χ0v) is 17.6. The van der Waals surface area contributed by atoms with Crippen molar-refractivity contribution in [3.05, 3.63) is 66.3 Å². The monoisotopic (exact) mass is 434 g/mol. The number of nitrogens with zero attached hydrogens (tertiary/aromatic N) is 1. The van der Waals surface area contributed by atoms with Gasteiger partial charge in [-0.25, -0.2) is 13.4 Å². The van der Waals surface area contributed by atoms with Crippen molar-refractivity contribution in [2.45, 2.75) is 0 Å². The lowest BCUT2D eigenvalue weighted by atomic mass is 10.0. The Morgan fingerprint density at radius 2 is 1.80 bits per heavy atom. The molecular formula is C22H18N4O2S2. The van der Waals surface area contributed by atoms with E-state index in [1.165, 1.54) is 0 Å². The third-order valence-electron chi connectivity index (χ3n) is 4.99. The number of sulfonamides is 1. The average Bonchev–Trinajstić information content (AvgIpc) is 3.35. The summed E-state index contributed by atoms with van der Waals surface area (Å²) in [6.45, 7) is 0. The Bertz CT molecular complexity index is 1500. The first-order valence-corrected chi connectivity index (χ1v) is 12.0. The number of benzene rings is 2. The molecule has 0 bridgehead atoms. The molecule has 0 aliphatic rings. The highest BCUT2D eigenvalue weighted by Crippen LogP contribution is 2.42. The Morgan fingerprint density at radius 3 is 2.57 bits per heavy atom. The molecule has 150 valence electrons. The van der Waals surface area contributed by atoms with Crippen molar-refractivity contribution in [1.29, 1.82) is 0 Å². The molecule has 0 radical (unpaired) electrons. The van der Waals surface area contributed by atoms with Gasteiger partial charge in [-0.05, 0) is 52.2 Å². The lowest BCUT2D eigenvalue weighted by Gasteiger charge is -2.09. The summed E-state index contributed by atoms with van der Waals surface area (Å²) in [7, 11) is -3.31. The Kier molecular flexibility index (Phi) is 4.27. The van der Waals surface area contributed by atoms with Crippen molar-refractivity contribution in [3.63, 3.8) is 0 Å². The molecule has 4 N–H and O–H groups in total. The van der Waals surface area contributed by atoms with Gasteiger partial charge in [-0.3, -0.25) is 4.72 Å². The number of hydrogen-bond acceptors (Lipinski definition) is 5. The minimum absolute atomic E-state index is 0.495. The van der Waals surface area contributed by atoms with Crippen LogP contribution in [0.2, 0.25) is 0 Å². The molecule has 0 atom stereocenters. The largest absolute Gasteiger partial charge is 0.383 e. The van der Waals surface area contributed by atoms with Crippen molar-refractivity contribution in [2.24, 2.45) is 0 Å². The smallest absolute Gasteiger partial charge is 0.229 e. The predicted octanol–water partition coefficient (Wildman–Crippen LogP) is 5.07. The number of hydrogen-bond donors (Lipinski definition) is 3. The standard InChI is InChI=1S/C22H18N4O2S2/c1-30(27,28)26-16-5-2-13(3-6-16)17-11-25-22(23)20-18(12-29-21(17)20)14-4-7-19-15(10-14)8-9-24-19/h2-12,24,26H,1H3,(H2,23,25). The highest BCUT2D eigenvalue weighted by Gasteiger charge is 2.15. The minimum atomic E-state index is -3.31. The van der Waals surface area contributed by atoms with Gasteiger partial charge in [-0.2, -0.15) is 0 Å². The number of thiophene rings is 1. The second-order valence-electron chi connectivity index (χ2n) is 7.14. The van der Waals surface area contributed by atoms with Gasteiger partial charge in [-0.1, -0.05) is 18.2 Å². The highest BCUT2D eigenvalue weighted by molar-refractivity contribution is 7.92. The van der Waals surface area contributed by atoms with E-state index in [2.05, 4.69) is 38.3 Å². The lowest BCUT2D eigenvalue weighted by molar-refractivity contribution is 0.607. The Morgan fingerprint density at radius 1 is 1.03 bits per heavy atom. The number of nitrogens with two attached hydrogens (primary N) is 1. The fourth-order valence-corrected chi connectivity index (χ4v) is 5.32. The molecule has 5 aromatic rings. The Balaban J connectivity index is 1.62. The summed E-state index contributed by atoms with van der Waals surface area (Å²) >= 11 is 1.63. The van der Waals surface area contributed by atoms with Gasteiger partial charge in [0.1, 0.15) is 5.82 Å². The molecule has 0 fully saturated rings. The van der Waals surface area contributed by atoms with Gasteiger partial charge in [0.25, 0.3) is 0 Å². The van der Waals surface area contributed by atoms with E-state index in [4.69, 9.17) is 5.73 Å². The first-order chi connectivity index (χ1) is 14.4. The SMILES string of the molecule is CS(=O)(=O)Nc1ccc(-c2cnc(N)c3c(-c4ccc5[nH]ccc5c4)csc23)cc1. The molecule has 0 spiro atoms. The van der Waals surface area contributed by atoms with E-state index >= 15 is 0 Å². The van der Waals surface area contributed by atoms with E-state index in [-0.39, 0.29) is 0 Å². The maximum absolute atomic E-state index is 11.4. The molecule has 3 aromatic heterocycles. The Labute approximate surface area is 177 Å². The highest BCUT2D eigenvalue weighted by atomic mass is 32.2. The predicted molar refractivity (Wildman–Crippen MR) is 125 cm³/mol. The third-order valence-corrected chi connectivity index (χ3v) is 6.61. The van der Waals surface area contributed by atoms with Crippen LogP contribution >= 0.6 is 11.3 Å². The number of pyridine rings is 1. The molecule has 0 saturated carbocycles. The van der Waals surface area contributed by atoms with Gasteiger partial charge < -0.3 is 10.7 Å². The van der Waals surface area contributed by atoms with Crippen molar-refractivity contribution in [2.75, 3.05) is 16.7 Å². The van der Waals surface area contributed by atoms with Gasteiger partial charge in [0, 0.05) is 44.8 Å². The van der Waals surface area contributed by atoms with Crippen LogP contribution in [0.3, 0.4) is 0 Å². The van der Waals surface area contributed by atoms with Crippen LogP contribution in [0.5, 0.6) is 0 Å². The molecule has 0 aliphatic heterocycles. The number of fused-ring (bicyclic) bond motifs is 2. The normalized spacial score (nSPS) is 11.9. The summed E-state index contributed by atoms with van der Waals surface area (Å²) in [6.07, 6.45) is 4.83. The fraction of sp³-hybridized carbons (Fsp3) is 0.0455. The van der Waals surface area contributed by atoms with E-state index in [1.807, 2.05) is 24.4 Å². The topological polar surface area (TPSA) is 101 Å². The summed E-state index contributed by atoms with van der Waals surface area (Å²) in [5.74, 6) is 0.495. The van der Waals surface area contributed by atoms with Crippen LogP contribution in [0.1, 0.15) is 0 Å². The van der Waals surface area contributed by atoms with E-state index in [0.29, 0.717) is 11.5 Å². The number of aromatic nitrogens is 2. The summed E-state index contributed by atoms with van der Waals surface area (Å²) in [4.78, 5) is 7.66. The van der Waals surface area contributed by atoms with Crippen LogP contribution in [0, 0.1) is 0 Å². The maximum atomic E-state index is 11.4. The Hall–Kier alpha value is -3.36. The van der Waals surface area contributed by atoms with Crippen LogP contribution in [-0.4, -0.2) is 24.6 Å². The molecule has 30 heavy (non-hydrogen) atoms.